The van der Waals surface area contributed by atoms with E-state index in [2.05, 4.69) is 61.5 Å². The van der Waals surface area contributed by atoms with Gasteiger partial charge in [0, 0.05) is 11.8 Å². The number of benzene rings is 2. The van der Waals surface area contributed by atoms with E-state index in [1.54, 1.807) is 0 Å². The molecule has 0 aliphatic heterocycles. The van der Waals surface area contributed by atoms with Gasteiger partial charge in [-0.2, -0.15) is 5.10 Å². The van der Waals surface area contributed by atoms with Crippen molar-refractivity contribution in [1.82, 2.24) is 9.78 Å². The SMILES string of the molecule is Cc1ccccc1-n1cc(-c2ccccc2)c(C)n1. The normalized spacial score (nSPS) is 10.6. The third-order valence-corrected chi connectivity index (χ3v) is 3.35. The lowest BCUT2D eigenvalue weighted by atomic mass is 10.1. The summed E-state index contributed by atoms with van der Waals surface area (Å²) in [4.78, 5) is 0. The predicted octanol–water partition coefficient (Wildman–Crippen LogP) is 4.16. The Morgan fingerprint density at radius 3 is 2.26 bits per heavy atom. The van der Waals surface area contributed by atoms with Gasteiger partial charge in [0.2, 0.25) is 0 Å². The Labute approximate surface area is 113 Å². The van der Waals surface area contributed by atoms with Crippen LogP contribution >= 0.6 is 0 Å². The summed E-state index contributed by atoms with van der Waals surface area (Å²) in [5.74, 6) is 0. The van der Waals surface area contributed by atoms with E-state index in [0.717, 1.165) is 11.4 Å². The van der Waals surface area contributed by atoms with Crippen molar-refractivity contribution in [3.05, 3.63) is 72.1 Å². The molecule has 2 nitrogen and oxygen atoms in total. The van der Waals surface area contributed by atoms with Crippen molar-refractivity contribution in [2.24, 2.45) is 0 Å². The van der Waals surface area contributed by atoms with E-state index in [9.17, 15) is 0 Å². The second-order valence-electron chi connectivity index (χ2n) is 4.73. The summed E-state index contributed by atoms with van der Waals surface area (Å²) in [6, 6.07) is 18.7. The lowest BCUT2D eigenvalue weighted by Crippen LogP contribution is -1.97. The summed E-state index contributed by atoms with van der Waals surface area (Å²) in [7, 11) is 0. The molecule has 0 N–H and O–H groups in total. The molecule has 0 amide bonds. The number of rotatable bonds is 2. The Bertz CT molecular complexity index is 696. The molecule has 19 heavy (non-hydrogen) atoms. The second kappa shape index (κ2) is 4.73. The Morgan fingerprint density at radius 2 is 1.53 bits per heavy atom. The minimum atomic E-state index is 1.05. The van der Waals surface area contributed by atoms with Crippen LogP contribution in [0.2, 0.25) is 0 Å². The molecule has 0 radical (unpaired) electrons. The molecular weight excluding hydrogens is 232 g/mol. The van der Waals surface area contributed by atoms with Crippen LogP contribution in [0.15, 0.2) is 60.8 Å². The fraction of sp³-hybridized carbons (Fsp3) is 0.118. The van der Waals surface area contributed by atoms with Gasteiger partial charge in [0.1, 0.15) is 0 Å². The number of hydrogen-bond acceptors (Lipinski definition) is 1. The average molecular weight is 248 g/mol. The third kappa shape index (κ3) is 2.17. The van der Waals surface area contributed by atoms with Gasteiger partial charge in [-0.15, -0.1) is 0 Å². The predicted molar refractivity (Wildman–Crippen MR) is 78.5 cm³/mol. The van der Waals surface area contributed by atoms with Gasteiger partial charge in [-0.25, -0.2) is 4.68 Å². The lowest BCUT2D eigenvalue weighted by molar-refractivity contribution is 0.856. The van der Waals surface area contributed by atoms with Gasteiger partial charge in [0.05, 0.1) is 11.4 Å². The fourth-order valence-electron chi connectivity index (χ4n) is 2.31. The molecule has 3 rings (SSSR count). The molecule has 0 unspecified atom stereocenters. The van der Waals surface area contributed by atoms with E-state index < -0.39 is 0 Å². The monoisotopic (exact) mass is 248 g/mol. The summed E-state index contributed by atoms with van der Waals surface area (Å²) in [5.41, 5.74) is 5.80. The first-order valence-electron chi connectivity index (χ1n) is 6.43. The minimum Gasteiger partial charge on any atom is -0.240 e. The van der Waals surface area contributed by atoms with Gasteiger partial charge < -0.3 is 0 Å². The maximum Gasteiger partial charge on any atom is 0.0676 e. The number of para-hydroxylation sites is 1. The Hall–Kier alpha value is -2.35. The summed E-state index contributed by atoms with van der Waals surface area (Å²) in [6.45, 7) is 4.16. The molecule has 0 aliphatic carbocycles. The summed E-state index contributed by atoms with van der Waals surface area (Å²) < 4.78 is 1.97. The van der Waals surface area contributed by atoms with Crippen LogP contribution in [0.4, 0.5) is 0 Å². The van der Waals surface area contributed by atoms with Crippen molar-refractivity contribution < 1.29 is 0 Å². The van der Waals surface area contributed by atoms with Gasteiger partial charge in [-0.05, 0) is 31.0 Å². The molecule has 3 aromatic rings. The van der Waals surface area contributed by atoms with E-state index >= 15 is 0 Å². The van der Waals surface area contributed by atoms with Crippen LogP contribution in [-0.4, -0.2) is 9.78 Å². The maximum absolute atomic E-state index is 4.63. The van der Waals surface area contributed by atoms with Crippen molar-refractivity contribution in [3.8, 4) is 16.8 Å². The summed E-state index contributed by atoms with van der Waals surface area (Å²) in [5, 5.41) is 4.63. The van der Waals surface area contributed by atoms with E-state index in [-0.39, 0.29) is 0 Å². The van der Waals surface area contributed by atoms with E-state index in [1.165, 1.54) is 16.7 Å². The molecule has 0 fully saturated rings. The molecule has 0 saturated heterocycles. The van der Waals surface area contributed by atoms with E-state index in [1.807, 2.05) is 22.9 Å². The minimum absolute atomic E-state index is 1.05. The van der Waals surface area contributed by atoms with Crippen LogP contribution in [0.25, 0.3) is 16.8 Å². The zero-order chi connectivity index (χ0) is 13.2. The van der Waals surface area contributed by atoms with Crippen molar-refractivity contribution in [2.45, 2.75) is 13.8 Å². The molecule has 94 valence electrons. The average Bonchev–Trinajstić information content (AvgIpc) is 2.82. The quantitative estimate of drug-likeness (QED) is 0.666. The lowest BCUT2D eigenvalue weighted by Gasteiger charge is -2.04. The maximum atomic E-state index is 4.63. The van der Waals surface area contributed by atoms with Crippen LogP contribution in [0.3, 0.4) is 0 Å². The number of aromatic nitrogens is 2. The van der Waals surface area contributed by atoms with Crippen LogP contribution in [0.5, 0.6) is 0 Å². The van der Waals surface area contributed by atoms with Crippen molar-refractivity contribution >= 4 is 0 Å². The van der Waals surface area contributed by atoms with Crippen LogP contribution in [0.1, 0.15) is 11.3 Å². The fourth-order valence-corrected chi connectivity index (χ4v) is 2.31. The van der Waals surface area contributed by atoms with Gasteiger partial charge in [-0.1, -0.05) is 48.5 Å². The Balaban J connectivity index is 2.10. The van der Waals surface area contributed by atoms with Crippen LogP contribution in [-0.2, 0) is 0 Å². The van der Waals surface area contributed by atoms with Crippen molar-refractivity contribution in [3.63, 3.8) is 0 Å². The molecule has 0 saturated carbocycles. The highest BCUT2D eigenvalue weighted by molar-refractivity contribution is 5.65. The first kappa shape index (κ1) is 11.7. The largest absolute Gasteiger partial charge is 0.240 e. The molecule has 0 spiro atoms. The molecule has 0 atom stereocenters. The summed E-state index contributed by atoms with van der Waals surface area (Å²) >= 11 is 0. The molecular formula is C17H16N2. The molecule has 2 aromatic carbocycles. The number of hydrogen-bond donors (Lipinski definition) is 0. The highest BCUT2D eigenvalue weighted by Crippen LogP contribution is 2.24. The topological polar surface area (TPSA) is 17.8 Å². The van der Waals surface area contributed by atoms with Gasteiger partial charge >= 0.3 is 0 Å². The summed E-state index contributed by atoms with van der Waals surface area (Å²) in [6.07, 6.45) is 2.10. The third-order valence-electron chi connectivity index (χ3n) is 3.35. The molecule has 0 bridgehead atoms. The van der Waals surface area contributed by atoms with E-state index in [4.69, 9.17) is 0 Å². The smallest absolute Gasteiger partial charge is 0.0676 e. The van der Waals surface area contributed by atoms with Crippen molar-refractivity contribution in [1.29, 1.82) is 0 Å². The van der Waals surface area contributed by atoms with E-state index in [0.29, 0.717) is 0 Å². The zero-order valence-corrected chi connectivity index (χ0v) is 11.2. The Morgan fingerprint density at radius 1 is 0.842 bits per heavy atom. The zero-order valence-electron chi connectivity index (χ0n) is 11.2. The van der Waals surface area contributed by atoms with Gasteiger partial charge in [-0.3, -0.25) is 0 Å². The highest BCUT2D eigenvalue weighted by Gasteiger charge is 2.09. The highest BCUT2D eigenvalue weighted by atomic mass is 15.3. The first-order chi connectivity index (χ1) is 9.25. The standard InChI is InChI=1S/C17H16N2/c1-13-8-6-7-11-17(13)19-12-16(14(2)18-19)15-9-4-3-5-10-15/h3-12H,1-2H3. The van der Waals surface area contributed by atoms with Crippen LogP contribution < -0.4 is 0 Å². The number of aryl methyl sites for hydroxylation is 2. The molecule has 0 aliphatic rings. The second-order valence-corrected chi connectivity index (χ2v) is 4.73. The van der Waals surface area contributed by atoms with Crippen molar-refractivity contribution in [2.75, 3.05) is 0 Å². The Kier molecular flexibility index (Phi) is 2.92. The molecule has 1 aromatic heterocycles. The number of nitrogens with zero attached hydrogens (tertiary/aromatic N) is 2. The van der Waals surface area contributed by atoms with Gasteiger partial charge in [0.25, 0.3) is 0 Å². The van der Waals surface area contributed by atoms with Gasteiger partial charge in [0.15, 0.2) is 0 Å². The van der Waals surface area contributed by atoms with Crippen LogP contribution in [0, 0.1) is 13.8 Å². The molecule has 1 heterocycles. The molecule has 2 heteroatoms. The first-order valence-corrected chi connectivity index (χ1v) is 6.43.